The third-order valence-electron chi connectivity index (χ3n) is 8.53. The molecule has 5 rings (SSSR count). The van der Waals surface area contributed by atoms with Gasteiger partial charge in [0.25, 0.3) is 5.91 Å². The quantitative estimate of drug-likeness (QED) is 0.443. The van der Waals surface area contributed by atoms with Gasteiger partial charge in [-0.25, -0.2) is 0 Å². The lowest BCUT2D eigenvalue weighted by atomic mass is 9.87. The molecule has 3 atom stereocenters. The summed E-state index contributed by atoms with van der Waals surface area (Å²) >= 11 is 0. The molecule has 2 aliphatic heterocycles. The number of amides is 3. The Morgan fingerprint density at radius 1 is 1.00 bits per heavy atom. The van der Waals surface area contributed by atoms with Gasteiger partial charge in [0.2, 0.25) is 11.8 Å². The van der Waals surface area contributed by atoms with Gasteiger partial charge in [-0.1, -0.05) is 12.8 Å². The Labute approximate surface area is 213 Å². The standard InChI is InChI=1S/C28H39N3O5/c1-35-20-9-7-18(8-10-20)16-29-23-5-3-2-4-6-25(23)36-21-11-12-22-19(15-21)17-31(28(22)34)24-13-14-26(32)30-27(24)33/h11-12,15,18,20,23-25,29H,2-10,13-14,16-17H2,1H3,(H,30,32,33)/t18-,20-,23?,24?,25?. The van der Waals surface area contributed by atoms with Crippen LogP contribution in [-0.2, 0) is 20.9 Å². The van der Waals surface area contributed by atoms with Crippen LogP contribution in [0.2, 0.25) is 0 Å². The minimum atomic E-state index is -0.596. The zero-order chi connectivity index (χ0) is 25.1. The fourth-order valence-corrected chi connectivity index (χ4v) is 6.34. The SMILES string of the molecule is CO[C@H]1CC[C@H](CNC2CCCCCC2Oc2ccc3c(c2)CN(C2CCC(=O)NC2=O)C3=O)CC1. The molecule has 36 heavy (non-hydrogen) atoms. The van der Waals surface area contributed by atoms with Gasteiger partial charge in [0.05, 0.1) is 6.10 Å². The lowest BCUT2D eigenvalue weighted by Crippen LogP contribution is -2.52. The van der Waals surface area contributed by atoms with Crippen LogP contribution >= 0.6 is 0 Å². The van der Waals surface area contributed by atoms with Gasteiger partial charge in [0, 0.05) is 31.7 Å². The number of carbonyl (C=O) groups is 3. The number of ether oxygens (including phenoxy) is 2. The average molecular weight is 498 g/mol. The van der Waals surface area contributed by atoms with E-state index >= 15 is 0 Å². The highest BCUT2D eigenvalue weighted by Crippen LogP contribution is 2.32. The van der Waals surface area contributed by atoms with Crippen molar-refractivity contribution in [2.24, 2.45) is 5.92 Å². The molecule has 2 saturated carbocycles. The first-order valence-electron chi connectivity index (χ1n) is 13.7. The Morgan fingerprint density at radius 3 is 2.58 bits per heavy atom. The van der Waals surface area contributed by atoms with E-state index in [1.807, 2.05) is 25.3 Å². The Bertz CT molecular complexity index is 974. The maximum absolute atomic E-state index is 13.0. The number of hydrogen-bond acceptors (Lipinski definition) is 6. The molecule has 0 bridgehead atoms. The molecular weight excluding hydrogens is 458 g/mol. The molecule has 0 spiro atoms. The summed E-state index contributed by atoms with van der Waals surface area (Å²) in [6.45, 7) is 1.40. The van der Waals surface area contributed by atoms with Crippen molar-refractivity contribution < 1.29 is 23.9 Å². The molecule has 8 nitrogen and oxygen atoms in total. The number of piperidine rings is 1. The molecule has 1 saturated heterocycles. The second-order valence-electron chi connectivity index (χ2n) is 10.9. The van der Waals surface area contributed by atoms with Crippen molar-refractivity contribution >= 4 is 17.7 Å². The minimum absolute atomic E-state index is 0.101. The van der Waals surface area contributed by atoms with Crippen LogP contribution in [0, 0.1) is 5.92 Å². The van der Waals surface area contributed by atoms with Crippen molar-refractivity contribution in [3.05, 3.63) is 29.3 Å². The second-order valence-corrected chi connectivity index (χ2v) is 10.9. The average Bonchev–Trinajstić information content (AvgIpc) is 3.04. The monoisotopic (exact) mass is 497 g/mol. The van der Waals surface area contributed by atoms with E-state index in [2.05, 4.69) is 10.6 Å². The van der Waals surface area contributed by atoms with E-state index in [4.69, 9.17) is 9.47 Å². The van der Waals surface area contributed by atoms with Crippen LogP contribution < -0.4 is 15.4 Å². The maximum atomic E-state index is 13.0. The smallest absolute Gasteiger partial charge is 0.255 e. The summed E-state index contributed by atoms with van der Waals surface area (Å²) in [4.78, 5) is 38.4. The molecule has 2 heterocycles. The van der Waals surface area contributed by atoms with E-state index < -0.39 is 6.04 Å². The van der Waals surface area contributed by atoms with Gasteiger partial charge in [-0.2, -0.15) is 0 Å². The lowest BCUT2D eigenvalue weighted by molar-refractivity contribution is -0.136. The number of benzene rings is 1. The fourth-order valence-electron chi connectivity index (χ4n) is 6.34. The number of imide groups is 1. The predicted molar refractivity (Wildman–Crippen MR) is 135 cm³/mol. The Morgan fingerprint density at radius 2 is 1.81 bits per heavy atom. The minimum Gasteiger partial charge on any atom is -0.489 e. The van der Waals surface area contributed by atoms with Gasteiger partial charge in [0.15, 0.2) is 0 Å². The summed E-state index contributed by atoms with van der Waals surface area (Å²) in [5, 5.41) is 6.21. The molecule has 0 radical (unpaired) electrons. The van der Waals surface area contributed by atoms with Gasteiger partial charge >= 0.3 is 0 Å². The van der Waals surface area contributed by atoms with E-state index in [1.165, 1.54) is 25.7 Å². The predicted octanol–water partition coefficient (Wildman–Crippen LogP) is 3.32. The summed E-state index contributed by atoms with van der Waals surface area (Å²) in [6, 6.07) is 5.40. The highest BCUT2D eigenvalue weighted by molar-refractivity contribution is 6.05. The topological polar surface area (TPSA) is 97.0 Å². The number of nitrogens with one attached hydrogen (secondary N) is 2. The second kappa shape index (κ2) is 11.3. The third-order valence-corrected chi connectivity index (χ3v) is 8.53. The third kappa shape index (κ3) is 5.59. The van der Waals surface area contributed by atoms with Gasteiger partial charge < -0.3 is 19.7 Å². The Balaban J connectivity index is 1.21. The number of rotatable bonds is 7. The first-order valence-corrected chi connectivity index (χ1v) is 13.7. The molecule has 2 N–H and O–H groups in total. The van der Waals surface area contributed by atoms with Gasteiger partial charge in [-0.3, -0.25) is 19.7 Å². The zero-order valence-electron chi connectivity index (χ0n) is 21.3. The van der Waals surface area contributed by atoms with E-state index in [9.17, 15) is 14.4 Å². The van der Waals surface area contributed by atoms with Crippen LogP contribution in [0.15, 0.2) is 18.2 Å². The van der Waals surface area contributed by atoms with Crippen LogP contribution in [0.25, 0.3) is 0 Å². The highest BCUT2D eigenvalue weighted by atomic mass is 16.5. The molecule has 8 heteroatoms. The number of methoxy groups -OCH3 is 1. The van der Waals surface area contributed by atoms with Gasteiger partial charge in [-0.05, 0) is 87.6 Å². The normalized spacial score (nSPS) is 31.1. The van der Waals surface area contributed by atoms with Crippen LogP contribution in [0.4, 0.5) is 0 Å². The Hall–Kier alpha value is -2.45. The summed E-state index contributed by atoms with van der Waals surface area (Å²) in [6.07, 6.45) is 11.6. The van der Waals surface area contributed by atoms with Crippen molar-refractivity contribution in [3.8, 4) is 5.75 Å². The fraction of sp³-hybridized carbons (Fsp3) is 0.679. The zero-order valence-corrected chi connectivity index (χ0v) is 21.3. The summed E-state index contributed by atoms with van der Waals surface area (Å²) in [5.41, 5.74) is 1.50. The van der Waals surface area contributed by atoms with Crippen LogP contribution in [0.5, 0.6) is 5.75 Å². The van der Waals surface area contributed by atoms with Crippen molar-refractivity contribution in [1.29, 1.82) is 0 Å². The largest absolute Gasteiger partial charge is 0.489 e. The number of nitrogens with zero attached hydrogens (tertiary/aromatic N) is 1. The molecule has 0 aromatic heterocycles. The lowest BCUT2D eigenvalue weighted by Gasteiger charge is -2.32. The first-order chi connectivity index (χ1) is 17.5. The van der Waals surface area contributed by atoms with Crippen molar-refractivity contribution in [2.75, 3.05) is 13.7 Å². The van der Waals surface area contributed by atoms with E-state index in [0.29, 0.717) is 36.6 Å². The van der Waals surface area contributed by atoms with Gasteiger partial charge in [-0.15, -0.1) is 0 Å². The van der Waals surface area contributed by atoms with Crippen LogP contribution in [-0.4, -0.2) is 60.6 Å². The van der Waals surface area contributed by atoms with Crippen LogP contribution in [0.1, 0.15) is 86.6 Å². The molecule has 2 aliphatic carbocycles. The number of carbonyl (C=O) groups excluding carboxylic acids is 3. The molecule has 1 aromatic carbocycles. The molecule has 196 valence electrons. The van der Waals surface area contributed by atoms with Crippen molar-refractivity contribution in [1.82, 2.24) is 15.5 Å². The molecule has 4 aliphatic rings. The summed E-state index contributed by atoms with van der Waals surface area (Å²) in [7, 11) is 1.82. The molecular formula is C28H39N3O5. The maximum Gasteiger partial charge on any atom is 0.255 e. The van der Waals surface area contributed by atoms with Crippen molar-refractivity contribution in [2.45, 2.75) is 101 Å². The molecule has 1 aromatic rings. The Kier molecular flexibility index (Phi) is 7.91. The van der Waals surface area contributed by atoms with Crippen LogP contribution in [0.3, 0.4) is 0 Å². The highest BCUT2D eigenvalue weighted by Gasteiger charge is 2.39. The number of fused-ring (bicyclic) bond motifs is 1. The van der Waals surface area contributed by atoms with Crippen molar-refractivity contribution in [3.63, 3.8) is 0 Å². The summed E-state index contributed by atoms with van der Waals surface area (Å²) in [5.74, 6) is 0.677. The van der Waals surface area contributed by atoms with E-state index in [0.717, 1.165) is 50.0 Å². The van der Waals surface area contributed by atoms with E-state index in [1.54, 1.807) is 4.90 Å². The molecule has 3 unspecified atom stereocenters. The molecule has 3 fully saturated rings. The summed E-state index contributed by atoms with van der Waals surface area (Å²) < 4.78 is 12.1. The first kappa shape index (κ1) is 25.2. The van der Waals surface area contributed by atoms with E-state index in [-0.39, 0.29) is 30.2 Å². The molecule has 3 amide bonds. The van der Waals surface area contributed by atoms with Gasteiger partial charge in [0.1, 0.15) is 17.9 Å². The number of hydrogen-bond donors (Lipinski definition) is 2.